The molecule has 1 saturated heterocycles. The van der Waals surface area contributed by atoms with E-state index in [1.54, 1.807) is 4.90 Å². The van der Waals surface area contributed by atoms with Crippen LogP contribution in [0, 0.1) is 5.92 Å². The van der Waals surface area contributed by atoms with E-state index in [9.17, 15) is 9.90 Å². The number of hydrogen-bond donors (Lipinski definition) is 2. The number of fused-ring (bicyclic) bond motifs is 1. The zero-order chi connectivity index (χ0) is 14.1. The zero-order valence-corrected chi connectivity index (χ0v) is 11.9. The topological polar surface area (TPSA) is 52.6 Å². The van der Waals surface area contributed by atoms with Gasteiger partial charge < -0.3 is 15.3 Å². The normalized spacial score (nSPS) is 29.0. The molecule has 2 aliphatic heterocycles. The number of nitrogens with zero attached hydrogens (tertiary/aromatic N) is 1. The van der Waals surface area contributed by atoms with Crippen molar-refractivity contribution in [3.63, 3.8) is 0 Å². The smallest absolute Gasteiger partial charge is 0.256 e. The van der Waals surface area contributed by atoms with Crippen LogP contribution in [0.25, 0.3) is 0 Å². The number of carbonyl (C=O) groups is 1. The Balaban J connectivity index is 1.83. The second-order valence-corrected chi connectivity index (χ2v) is 5.80. The molecule has 1 fully saturated rings. The second kappa shape index (κ2) is 5.54. The van der Waals surface area contributed by atoms with Crippen molar-refractivity contribution in [1.29, 1.82) is 0 Å². The van der Waals surface area contributed by atoms with E-state index in [2.05, 4.69) is 12.2 Å². The lowest BCUT2D eigenvalue weighted by atomic mass is 9.96. The summed E-state index contributed by atoms with van der Waals surface area (Å²) in [5.41, 5.74) is 1.40. The lowest BCUT2D eigenvalue weighted by Crippen LogP contribution is -2.43. The zero-order valence-electron chi connectivity index (χ0n) is 11.9. The summed E-state index contributed by atoms with van der Waals surface area (Å²) in [6.07, 6.45) is 2.67. The number of benzene rings is 1. The standard InChI is InChI=1S/C16H22N2O2/c1-2-3-6-11-9-17-10-14(11)18-15(19)12-7-4-5-8-13(12)16(18)20/h4-5,7-8,11,14-15,17,19H,2-3,6,9-10H2,1H3/t11-,14-,15?/m1/s1. The lowest BCUT2D eigenvalue weighted by molar-refractivity contribution is -0.00867. The summed E-state index contributed by atoms with van der Waals surface area (Å²) >= 11 is 0. The molecule has 0 aliphatic carbocycles. The summed E-state index contributed by atoms with van der Waals surface area (Å²) in [4.78, 5) is 14.2. The van der Waals surface area contributed by atoms with Gasteiger partial charge in [-0.2, -0.15) is 0 Å². The maximum atomic E-state index is 12.6. The molecule has 0 saturated carbocycles. The van der Waals surface area contributed by atoms with Crippen molar-refractivity contribution >= 4 is 5.91 Å². The highest BCUT2D eigenvalue weighted by Crippen LogP contribution is 2.36. The first-order chi connectivity index (χ1) is 9.74. The Morgan fingerprint density at radius 2 is 2.15 bits per heavy atom. The van der Waals surface area contributed by atoms with Crippen LogP contribution in [-0.2, 0) is 0 Å². The number of carbonyl (C=O) groups excluding carboxylic acids is 1. The van der Waals surface area contributed by atoms with Gasteiger partial charge in [0.1, 0.15) is 0 Å². The van der Waals surface area contributed by atoms with Crippen molar-refractivity contribution in [1.82, 2.24) is 10.2 Å². The van der Waals surface area contributed by atoms with Crippen LogP contribution in [-0.4, -0.2) is 35.0 Å². The van der Waals surface area contributed by atoms with E-state index in [1.165, 1.54) is 12.8 Å². The number of aliphatic hydroxyl groups is 1. The highest BCUT2D eigenvalue weighted by atomic mass is 16.3. The molecule has 4 heteroatoms. The molecule has 2 N–H and O–H groups in total. The predicted octanol–water partition coefficient (Wildman–Crippen LogP) is 1.91. The number of aliphatic hydroxyl groups excluding tert-OH is 1. The van der Waals surface area contributed by atoms with E-state index in [0.29, 0.717) is 11.5 Å². The maximum absolute atomic E-state index is 12.6. The monoisotopic (exact) mass is 274 g/mol. The Morgan fingerprint density at radius 3 is 2.90 bits per heavy atom. The summed E-state index contributed by atoms with van der Waals surface area (Å²) < 4.78 is 0. The Bertz CT molecular complexity index is 503. The van der Waals surface area contributed by atoms with E-state index in [-0.39, 0.29) is 11.9 Å². The SMILES string of the molecule is CCCC[C@@H]1CNC[C@H]1N1C(=O)c2ccccc2C1O. The molecular formula is C16H22N2O2. The summed E-state index contributed by atoms with van der Waals surface area (Å²) in [7, 11) is 0. The number of nitrogens with one attached hydrogen (secondary N) is 1. The molecule has 1 aromatic carbocycles. The summed E-state index contributed by atoms with van der Waals surface area (Å²) in [6, 6.07) is 7.50. The van der Waals surface area contributed by atoms with Gasteiger partial charge in [0.05, 0.1) is 6.04 Å². The van der Waals surface area contributed by atoms with Crippen LogP contribution in [0.4, 0.5) is 0 Å². The number of amides is 1. The van der Waals surface area contributed by atoms with Crippen molar-refractivity contribution < 1.29 is 9.90 Å². The van der Waals surface area contributed by atoms with Gasteiger partial charge in [-0.1, -0.05) is 38.0 Å². The van der Waals surface area contributed by atoms with Crippen LogP contribution < -0.4 is 5.32 Å². The summed E-state index contributed by atoms with van der Waals surface area (Å²) in [5, 5.41) is 13.9. The van der Waals surface area contributed by atoms with Crippen molar-refractivity contribution in [2.75, 3.05) is 13.1 Å². The van der Waals surface area contributed by atoms with Crippen LogP contribution in [0.5, 0.6) is 0 Å². The van der Waals surface area contributed by atoms with Crippen molar-refractivity contribution in [3.8, 4) is 0 Å². The molecule has 20 heavy (non-hydrogen) atoms. The van der Waals surface area contributed by atoms with Crippen LogP contribution in [0.1, 0.15) is 48.3 Å². The quantitative estimate of drug-likeness (QED) is 0.882. The summed E-state index contributed by atoms with van der Waals surface area (Å²) in [6.45, 7) is 3.91. The number of rotatable bonds is 4. The van der Waals surface area contributed by atoms with E-state index < -0.39 is 6.23 Å². The molecule has 3 rings (SSSR count). The molecule has 2 aliphatic rings. The van der Waals surface area contributed by atoms with E-state index in [4.69, 9.17) is 0 Å². The minimum atomic E-state index is -0.785. The third-order valence-electron chi connectivity index (χ3n) is 4.56. The van der Waals surface area contributed by atoms with Gasteiger partial charge in [0.2, 0.25) is 0 Å². The fourth-order valence-electron chi connectivity index (χ4n) is 3.45. The highest BCUT2D eigenvalue weighted by Gasteiger charge is 2.43. The highest BCUT2D eigenvalue weighted by molar-refractivity contribution is 5.99. The molecule has 0 radical (unpaired) electrons. The second-order valence-electron chi connectivity index (χ2n) is 5.80. The maximum Gasteiger partial charge on any atom is 0.256 e. The Labute approximate surface area is 119 Å². The first kappa shape index (κ1) is 13.6. The van der Waals surface area contributed by atoms with Gasteiger partial charge in [-0.3, -0.25) is 4.79 Å². The van der Waals surface area contributed by atoms with E-state index in [1.807, 2.05) is 24.3 Å². The lowest BCUT2D eigenvalue weighted by Gasteiger charge is -2.31. The number of hydrogen-bond acceptors (Lipinski definition) is 3. The summed E-state index contributed by atoms with van der Waals surface area (Å²) in [5.74, 6) is 0.422. The van der Waals surface area contributed by atoms with E-state index in [0.717, 1.165) is 25.1 Å². The Kier molecular flexibility index (Phi) is 3.76. The van der Waals surface area contributed by atoms with Gasteiger partial charge in [-0.15, -0.1) is 0 Å². The third kappa shape index (κ3) is 2.13. The molecule has 1 unspecified atom stereocenters. The Morgan fingerprint density at radius 1 is 1.35 bits per heavy atom. The van der Waals surface area contributed by atoms with Gasteiger partial charge in [0.25, 0.3) is 5.91 Å². The Hall–Kier alpha value is -1.39. The molecule has 0 aromatic heterocycles. The average molecular weight is 274 g/mol. The fraction of sp³-hybridized carbons (Fsp3) is 0.562. The van der Waals surface area contributed by atoms with Crippen LogP contribution in [0.15, 0.2) is 24.3 Å². The first-order valence-electron chi connectivity index (χ1n) is 7.54. The largest absolute Gasteiger partial charge is 0.369 e. The molecule has 0 spiro atoms. The molecule has 1 aromatic rings. The third-order valence-corrected chi connectivity index (χ3v) is 4.56. The van der Waals surface area contributed by atoms with Crippen molar-refractivity contribution in [2.45, 2.75) is 38.5 Å². The van der Waals surface area contributed by atoms with Crippen molar-refractivity contribution in [2.24, 2.45) is 5.92 Å². The van der Waals surface area contributed by atoms with Gasteiger partial charge in [0, 0.05) is 24.2 Å². The van der Waals surface area contributed by atoms with Gasteiger partial charge >= 0.3 is 0 Å². The van der Waals surface area contributed by atoms with Gasteiger partial charge in [-0.05, 0) is 18.4 Å². The number of unbranched alkanes of at least 4 members (excludes halogenated alkanes) is 1. The molecule has 0 bridgehead atoms. The fourth-order valence-corrected chi connectivity index (χ4v) is 3.45. The van der Waals surface area contributed by atoms with Crippen LogP contribution in [0.3, 0.4) is 0 Å². The molecule has 1 amide bonds. The van der Waals surface area contributed by atoms with Crippen LogP contribution in [0.2, 0.25) is 0 Å². The average Bonchev–Trinajstić information content (AvgIpc) is 3.01. The predicted molar refractivity (Wildman–Crippen MR) is 77.2 cm³/mol. The minimum Gasteiger partial charge on any atom is -0.369 e. The first-order valence-corrected chi connectivity index (χ1v) is 7.54. The van der Waals surface area contributed by atoms with Gasteiger partial charge in [0.15, 0.2) is 6.23 Å². The van der Waals surface area contributed by atoms with E-state index >= 15 is 0 Å². The molecule has 2 heterocycles. The van der Waals surface area contributed by atoms with Crippen LogP contribution >= 0.6 is 0 Å². The molecule has 3 atom stereocenters. The molecule has 4 nitrogen and oxygen atoms in total. The minimum absolute atomic E-state index is 0.0247. The molecular weight excluding hydrogens is 252 g/mol. The van der Waals surface area contributed by atoms with Gasteiger partial charge in [-0.25, -0.2) is 0 Å². The molecule has 108 valence electrons. The van der Waals surface area contributed by atoms with Crippen molar-refractivity contribution in [3.05, 3.63) is 35.4 Å².